The number of hydrogen-bond acceptors (Lipinski definition) is 1. The van der Waals surface area contributed by atoms with E-state index >= 15 is 0 Å². The topological polar surface area (TPSA) is 23.8 Å². The Balaban J connectivity index is 3.72. The van der Waals surface area contributed by atoms with Crippen LogP contribution in [-0.4, -0.2) is 0 Å². The van der Waals surface area contributed by atoms with Crippen molar-refractivity contribution in [2.45, 2.75) is 26.7 Å². The second-order valence-corrected chi connectivity index (χ2v) is 1.64. The van der Waals surface area contributed by atoms with Gasteiger partial charge in [0, 0.05) is 6.08 Å². The minimum absolute atomic E-state index is 1.00. The molecule has 0 rings (SSSR count). The van der Waals surface area contributed by atoms with Gasteiger partial charge >= 0.3 is 0 Å². The summed E-state index contributed by atoms with van der Waals surface area (Å²) in [6, 6.07) is 2.01. The van der Waals surface area contributed by atoms with Gasteiger partial charge in [0.25, 0.3) is 0 Å². The van der Waals surface area contributed by atoms with Gasteiger partial charge in [0.1, 0.15) is 0 Å². The van der Waals surface area contributed by atoms with E-state index in [9.17, 15) is 0 Å². The zero-order chi connectivity index (χ0) is 6.41. The summed E-state index contributed by atoms with van der Waals surface area (Å²) in [7, 11) is 0. The van der Waals surface area contributed by atoms with Gasteiger partial charge in [-0.2, -0.15) is 5.26 Å². The Morgan fingerprint density at radius 1 is 1.50 bits per heavy atom. The SMILES string of the molecule is CCC(=CC#N)CC. The van der Waals surface area contributed by atoms with Crippen molar-refractivity contribution in [2.24, 2.45) is 0 Å². The molecule has 0 aromatic carbocycles. The summed E-state index contributed by atoms with van der Waals surface area (Å²) in [4.78, 5) is 0. The Morgan fingerprint density at radius 2 is 2.00 bits per heavy atom. The standard InChI is InChI=1S/C7H11N/c1-3-7(4-2)5-6-8/h5H,3-4H2,1-2H3. The van der Waals surface area contributed by atoms with Crippen molar-refractivity contribution in [3.63, 3.8) is 0 Å². The minimum Gasteiger partial charge on any atom is -0.193 e. The van der Waals surface area contributed by atoms with Crippen molar-refractivity contribution in [1.82, 2.24) is 0 Å². The molecule has 0 aromatic heterocycles. The number of allylic oxidation sites excluding steroid dienone is 2. The van der Waals surface area contributed by atoms with Crippen LogP contribution in [0.3, 0.4) is 0 Å². The van der Waals surface area contributed by atoms with Crippen molar-refractivity contribution >= 4 is 0 Å². The molecular formula is C7H11N. The highest BCUT2D eigenvalue weighted by molar-refractivity contribution is 5.12. The highest BCUT2D eigenvalue weighted by Gasteiger charge is 1.84. The lowest BCUT2D eigenvalue weighted by Gasteiger charge is -1.91. The average molecular weight is 109 g/mol. The molecule has 0 saturated carbocycles. The lowest BCUT2D eigenvalue weighted by atomic mass is 10.1. The number of nitrogens with zero attached hydrogens (tertiary/aromatic N) is 1. The first-order valence-corrected chi connectivity index (χ1v) is 2.92. The van der Waals surface area contributed by atoms with Crippen LogP contribution in [0.15, 0.2) is 11.6 Å². The lowest BCUT2D eigenvalue weighted by molar-refractivity contribution is 0.979. The number of hydrogen-bond donors (Lipinski definition) is 0. The second-order valence-electron chi connectivity index (χ2n) is 1.64. The van der Waals surface area contributed by atoms with E-state index in [-0.39, 0.29) is 0 Å². The Morgan fingerprint density at radius 3 is 2.12 bits per heavy atom. The van der Waals surface area contributed by atoms with Crippen LogP contribution in [0.5, 0.6) is 0 Å². The third-order valence-electron chi connectivity index (χ3n) is 1.18. The van der Waals surface area contributed by atoms with Crippen LogP contribution < -0.4 is 0 Å². The maximum Gasteiger partial charge on any atom is 0.0911 e. The minimum atomic E-state index is 1.00. The van der Waals surface area contributed by atoms with Crippen molar-refractivity contribution < 1.29 is 0 Å². The van der Waals surface area contributed by atoms with Crippen LogP contribution in [0.25, 0.3) is 0 Å². The molecule has 0 aliphatic rings. The molecule has 0 aliphatic carbocycles. The van der Waals surface area contributed by atoms with Gasteiger partial charge in [-0.05, 0) is 12.8 Å². The molecule has 44 valence electrons. The largest absolute Gasteiger partial charge is 0.193 e. The second kappa shape index (κ2) is 4.39. The van der Waals surface area contributed by atoms with Gasteiger partial charge < -0.3 is 0 Å². The predicted molar refractivity (Wildman–Crippen MR) is 34.3 cm³/mol. The molecule has 0 spiro atoms. The fourth-order valence-electron chi connectivity index (χ4n) is 0.545. The van der Waals surface area contributed by atoms with Crippen molar-refractivity contribution in [3.05, 3.63) is 11.6 Å². The van der Waals surface area contributed by atoms with Gasteiger partial charge in [-0.3, -0.25) is 0 Å². The first-order chi connectivity index (χ1) is 3.85. The Hall–Kier alpha value is -0.770. The lowest BCUT2D eigenvalue weighted by Crippen LogP contribution is -1.73. The van der Waals surface area contributed by atoms with Gasteiger partial charge in [0.05, 0.1) is 6.07 Å². The molecule has 8 heavy (non-hydrogen) atoms. The Labute approximate surface area is 50.6 Å². The van der Waals surface area contributed by atoms with Crippen molar-refractivity contribution in [3.8, 4) is 6.07 Å². The zero-order valence-electron chi connectivity index (χ0n) is 5.44. The molecular weight excluding hydrogens is 98.1 g/mol. The van der Waals surface area contributed by atoms with Gasteiger partial charge in [0.15, 0.2) is 0 Å². The van der Waals surface area contributed by atoms with E-state index in [4.69, 9.17) is 5.26 Å². The fraction of sp³-hybridized carbons (Fsp3) is 0.571. The summed E-state index contributed by atoms with van der Waals surface area (Å²) in [5.74, 6) is 0. The van der Waals surface area contributed by atoms with Crippen LogP contribution in [0.2, 0.25) is 0 Å². The normalized spacial score (nSPS) is 7.62. The van der Waals surface area contributed by atoms with Crippen LogP contribution in [0.4, 0.5) is 0 Å². The molecule has 1 heteroatoms. The summed E-state index contributed by atoms with van der Waals surface area (Å²) >= 11 is 0. The fourth-order valence-corrected chi connectivity index (χ4v) is 0.545. The highest BCUT2D eigenvalue weighted by atomic mass is 14.2. The molecule has 0 amide bonds. The van der Waals surface area contributed by atoms with E-state index in [0.29, 0.717) is 0 Å². The van der Waals surface area contributed by atoms with Crippen LogP contribution in [0.1, 0.15) is 26.7 Å². The smallest absolute Gasteiger partial charge is 0.0911 e. The van der Waals surface area contributed by atoms with Crippen molar-refractivity contribution in [2.75, 3.05) is 0 Å². The van der Waals surface area contributed by atoms with Crippen LogP contribution in [0, 0.1) is 11.3 Å². The highest BCUT2D eigenvalue weighted by Crippen LogP contribution is 2.02. The molecule has 0 N–H and O–H groups in total. The van der Waals surface area contributed by atoms with E-state index < -0.39 is 0 Å². The maximum atomic E-state index is 8.17. The molecule has 0 aliphatic heterocycles. The van der Waals surface area contributed by atoms with Crippen molar-refractivity contribution in [1.29, 1.82) is 5.26 Å². The summed E-state index contributed by atoms with van der Waals surface area (Å²) in [6.45, 7) is 4.12. The summed E-state index contributed by atoms with van der Waals surface area (Å²) in [5.41, 5.74) is 1.23. The molecule has 0 unspecified atom stereocenters. The van der Waals surface area contributed by atoms with Gasteiger partial charge in [-0.25, -0.2) is 0 Å². The van der Waals surface area contributed by atoms with E-state index in [1.165, 1.54) is 5.57 Å². The molecule has 0 bridgehead atoms. The summed E-state index contributed by atoms with van der Waals surface area (Å²) in [6.07, 6.45) is 3.63. The van der Waals surface area contributed by atoms with E-state index in [1.807, 2.05) is 6.07 Å². The zero-order valence-corrected chi connectivity index (χ0v) is 5.44. The third-order valence-corrected chi connectivity index (χ3v) is 1.18. The molecule has 0 fully saturated rings. The van der Waals surface area contributed by atoms with Gasteiger partial charge in [-0.15, -0.1) is 0 Å². The Kier molecular flexibility index (Phi) is 3.97. The predicted octanol–water partition coefficient (Wildman–Crippen LogP) is 2.26. The third kappa shape index (κ3) is 2.41. The number of nitriles is 1. The van der Waals surface area contributed by atoms with Crippen LogP contribution >= 0.6 is 0 Å². The summed E-state index contributed by atoms with van der Waals surface area (Å²) < 4.78 is 0. The number of rotatable bonds is 2. The average Bonchev–Trinajstić information content (AvgIpc) is 1.83. The first-order valence-electron chi connectivity index (χ1n) is 2.92. The summed E-state index contributed by atoms with van der Waals surface area (Å²) in [5, 5.41) is 8.17. The first kappa shape index (κ1) is 7.23. The van der Waals surface area contributed by atoms with Gasteiger partial charge in [-0.1, -0.05) is 19.4 Å². The molecule has 0 aromatic rings. The van der Waals surface area contributed by atoms with E-state index in [1.54, 1.807) is 6.08 Å². The molecule has 1 nitrogen and oxygen atoms in total. The van der Waals surface area contributed by atoms with Crippen LogP contribution in [-0.2, 0) is 0 Å². The van der Waals surface area contributed by atoms with E-state index in [2.05, 4.69) is 13.8 Å². The quantitative estimate of drug-likeness (QED) is 0.499. The van der Waals surface area contributed by atoms with Gasteiger partial charge in [0.2, 0.25) is 0 Å². The molecule has 0 atom stereocenters. The molecule has 0 heterocycles. The Bertz CT molecular complexity index is 111. The monoisotopic (exact) mass is 109 g/mol. The molecule has 0 radical (unpaired) electrons. The van der Waals surface area contributed by atoms with E-state index in [0.717, 1.165) is 12.8 Å². The molecule has 0 saturated heterocycles. The maximum absolute atomic E-state index is 8.17.